The molecule has 0 unspecified atom stereocenters. The van der Waals surface area contributed by atoms with Gasteiger partial charge in [-0.3, -0.25) is 9.59 Å². The molecule has 0 saturated carbocycles. The second-order valence-corrected chi connectivity index (χ2v) is 7.99. The molecule has 9 heteroatoms. The molecule has 4 rings (SSSR count). The Balaban J connectivity index is 1.56. The third-order valence-corrected chi connectivity index (χ3v) is 5.90. The fraction of sp³-hybridized carbons (Fsp3) is 0.391. The molecule has 6 nitrogen and oxygen atoms in total. The summed E-state index contributed by atoms with van der Waals surface area (Å²) in [6.07, 6.45) is -2.66. The summed E-state index contributed by atoms with van der Waals surface area (Å²) >= 11 is 0. The van der Waals surface area contributed by atoms with Gasteiger partial charge in [-0.1, -0.05) is 12.1 Å². The number of halogens is 3. The molecule has 2 aliphatic rings. The fourth-order valence-electron chi connectivity index (χ4n) is 4.25. The predicted octanol–water partition coefficient (Wildman–Crippen LogP) is 4.31. The number of rotatable bonds is 5. The number of nitrogens with zero attached hydrogens (tertiary/aromatic N) is 2. The largest absolute Gasteiger partial charge is 0.495 e. The highest BCUT2D eigenvalue weighted by Crippen LogP contribution is 2.38. The molecular formula is C23H24F3N3O3. The molecule has 0 radical (unpaired) electrons. The van der Waals surface area contributed by atoms with Gasteiger partial charge in [-0.15, -0.1) is 0 Å². The van der Waals surface area contributed by atoms with Crippen LogP contribution in [0.15, 0.2) is 42.5 Å². The molecular weight excluding hydrogens is 423 g/mol. The number of benzene rings is 2. The van der Waals surface area contributed by atoms with Crippen LogP contribution in [-0.2, 0) is 15.8 Å². The number of alkyl halides is 3. The summed E-state index contributed by atoms with van der Waals surface area (Å²) in [4.78, 5) is 29.1. The minimum Gasteiger partial charge on any atom is -0.495 e. The lowest BCUT2D eigenvalue weighted by molar-refractivity contribution is -0.137. The highest BCUT2D eigenvalue weighted by Gasteiger charge is 2.37. The standard InChI is InChI=1S/C23H24F3N3O3/c1-32-20-7-3-2-6-19(20)29-14-15(12-21(29)30)22(31)27-17-13-16(23(24,25)26)8-9-18(17)28-10-4-5-11-28/h2-3,6-9,13,15H,4-5,10-12,14H2,1H3,(H,27,31)/t15-/m1/s1. The van der Waals surface area contributed by atoms with Crippen molar-refractivity contribution in [1.29, 1.82) is 0 Å². The van der Waals surface area contributed by atoms with Crippen LogP contribution >= 0.6 is 0 Å². The quantitative estimate of drug-likeness (QED) is 0.742. The number of hydrogen-bond acceptors (Lipinski definition) is 4. The van der Waals surface area contributed by atoms with Gasteiger partial charge < -0.3 is 19.9 Å². The molecule has 0 bridgehead atoms. The molecule has 32 heavy (non-hydrogen) atoms. The molecule has 2 heterocycles. The third-order valence-electron chi connectivity index (χ3n) is 5.90. The van der Waals surface area contributed by atoms with Crippen molar-refractivity contribution in [2.75, 3.05) is 41.9 Å². The second kappa shape index (κ2) is 8.72. The second-order valence-electron chi connectivity index (χ2n) is 7.99. The van der Waals surface area contributed by atoms with Crippen molar-refractivity contribution in [3.05, 3.63) is 48.0 Å². The van der Waals surface area contributed by atoms with Gasteiger partial charge in [-0.05, 0) is 43.2 Å². The first-order valence-corrected chi connectivity index (χ1v) is 10.5. The first-order chi connectivity index (χ1) is 15.3. The van der Waals surface area contributed by atoms with Crippen LogP contribution in [0, 0.1) is 5.92 Å². The summed E-state index contributed by atoms with van der Waals surface area (Å²) < 4.78 is 45.2. The Labute approximate surface area is 183 Å². The molecule has 2 aliphatic heterocycles. The summed E-state index contributed by atoms with van der Waals surface area (Å²) in [5.74, 6) is -0.890. The molecule has 170 valence electrons. The van der Waals surface area contributed by atoms with Gasteiger partial charge in [0.1, 0.15) is 5.75 Å². The Morgan fingerprint density at radius 2 is 1.81 bits per heavy atom. The molecule has 2 fully saturated rings. The number of anilines is 3. The monoisotopic (exact) mass is 447 g/mol. The lowest BCUT2D eigenvalue weighted by Crippen LogP contribution is -2.29. The first-order valence-electron chi connectivity index (χ1n) is 10.5. The average Bonchev–Trinajstić information content (AvgIpc) is 3.43. The predicted molar refractivity (Wildman–Crippen MR) is 115 cm³/mol. The zero-order valence-corrected chi connectivity index (χ0v) is 17.6. The molecule has 2 saturated heterocycles. The zero-order valence-electron chi connectivity index (χ0n) is 17.6. The highest BCUT2D eigenvalue weighted by atomic mass is 19.4. The van der Waals surface area contributed by atoms with Gasteiger partial charge in [0.05, 0.1) is 35.7 Å². The number of methoxy groups -OCH3 is 1. The van der Waals surface area contributed by atoms with Crippen LogP contribution < -0.4 is 19.9 Å². The molecule has 2 amide bonds. The highest BCUT2D eigenvalue weighted by molar-refractivity contribution is 6.05. The van der Waals surface area contributed by atoms with Gasteiger partial charge in [0.2, 0.25) is 11.8 Å². The van der Waals surface area contributed by atoms with Crippen LogP contribution in [0.1, 0.15) is 24.8 Å². The van der Waals surface area contributed by atoms with Crippen LogP contribution in [-0.4, -0.2) is 38.6 Å². The Bertz CT molecular complexity index is 1020. The Hall–Kier alpha value is -3.23. The van der Waals surface area contributed by atoms with Gasteiger partial charge in [0, 0.05) is 26.1 Å². The van der Waals surface area contributed by atoms with E-state index in [2.05, 4.69) is 5.32 Å². The number of carbonyl (C=O) groups is 2. The molecule has 1 atom stereocenters. The van der Waals surface area contributed by atoms with E-state index < -0.39 is 23.6 Å². The maximum Gasteiger partial charge on any atom is 0.416 e. The van der Waals surface area contributed by atoms with Crippen molar-refractivity contribution in [3.63, 3.8) is 0 Å². The van der Waals surface area contributed by atoms with Gasteiger partial charge in [-0.25, -0.2) is 0 Å². The van der Waals surface area contributed by atoms with Gasteiger partial charge in [-0.2, -0.15) is 13.2 Å². The SMILES string of the molecule is COc1ccccc1N1C[C@H](C(=O)Nc2cc(C(F)(F)F)ccc2N2CCCC2)CC1=O. The minimum atomic E-state index is -4.52. The Kier molecular flexibility index (Phi) is 5.99. The van der Waals surface area contributed by atoms with Crippen molar-refractivity contribution in [2.24, 2.45) is 5.92 Å². The summed E-state index contributed by atoms with van der Waals surface area (Å²) in [5.41, 5.74) is 0.422. The van der Waals surface area contributed by atoms with Gasteiger partial charge >= 0.3 is 6.18 Å². The Morgan fingerprint density at radius 1 is 1.09 bits per heavy atom. The normalized spacial score (nSPS) is 18.9. The smallest absolute Gasteiger partial charge is 0.416 e. The molecule has 2 aromatic carbocycles. The minimum absolute atomic E-state index is 0.0259. The van der Waals surface area contributed by atoms with Crippen LogP contribution in [0.3, 0.4) is 0 Å². The van der Waals surface area contributed by atoms with Crippen LogP contribution in [0.25, 0.3) is 0 Å². The molecule has 0 spiro atoms. The van der Waals surface area contributed by atoms with Gasteiger partial charge in [0.15, 0.2) is 0 Å². The van der Waals surface area contributed by atoms with Crippen molar-refractivity contribution in [3.8, 4) is 5.75 Å². The van der Waals surface area contributed by atoms with E-state index in [-0.39, 0.29) is 24.6 Å². The van der Waals surface area contributed by atoms with E-state index in [1.807, 2.05) is 4.90 Å². The van der Waals surface area contributed by atoms with Crippen LogP contribution in [0.5, 0.6) is 5.75 Å². The van der Waals surface area contributed by atoms with E-state index in [4.69, 9.17) is 4.74 Å². The topological polar surface area (TPSA) is 61.9 Å². The van der Waals surface area contributed by atoms with E-state index in [0.29, 0.717) is 17.1 Å². The number of amides is 2. The lowest BCUT2D eigenvalue weighted by atomic mass is 10.1. The number of hydrogen-bond donors (Lipinski definition) is 1. The van der Waals surface area contributed by atoms with E-state index in [9.17, 15) is 22.8 Å². The number of nitrogens with one attached hydrogen (secondary N) is 1. The van der Waals surface area contributed by atoms with E-state index in [1.165, 1.54) is 18.1 Å². The maximum atomic E-state index is 13.3. The van der Waals surface area contributed by atoms with E-state index >= 15 is 0 Å². The van der Waals surface area contributed by atoms with Crippen LogP contribution in [0.4, 0.5) is 30.2 Å². The van der Waals surface area contributed by atoms with E-state index in [0.717, 1.165) is 38.1 Å². The van der Waals surface area contributed by atoms with E-state index in [1.54, 1.807) is 24.3 Å². The summed E-state index contributed by atoms with van der Waals surface area (Å²) in [7, 11) is 1.50. The number of carbonyl (C=O) groups excluding carboxylic acids is 2. The van der Waals surface area contributed by atoms with Crippen molar-refractivity contribution in [1.82, 2.24) is 0 Å². The summed E-state index contributed by atoms with van der Waals surface area (Å²) in [6, 6.07) is 10.4. The van der Waals surface area contributed by atoms with Crippen molar-refractivity contribution in [2.45, 2.75) is 25.4 Å². The maximum absolute atomic E-state index is 13.3. The summed E-state index contributed by atoms with van der Waals surface area (Å²) in [5, 5.41) is 2.67. The third kappa shape index (κ3) is 4.37. The fourth-order valence-corrected chi connectivity index (χ4v) is 4.25. The summed E-state index contributed by atoms with van der Waals surface area (Å²) in [6.45, 7) is 1.57. The lowest BCUT2D eigenvalue weighted by Gasteiger charge is -2.24. The Morgan fingerprint density at radius 3 is 2.50 bits per heavy atom. The number of ether oxygens (including phenoxy) is 1. The molecule has 1 N–H and O–H groups in total. The van der Waals surface area contributed by atoms with Gasteiger partial charge in [0.25, 0.3) is 0 Å². The molecule has 0 aliphatic carbocycles. The van der Waals surface area contributed by atoms with Crippen LogP contribution in [0.2, 0.25) is 0 Å². The van der Waals surface area contributed by atoms with Crippen molar-refractivity contribution < 1.29 is 27.5 Å². The molecule has 2 aromatic rings. The first kappa shape index (κ1) is 22.0. The van der Waals surface area contributed by atoms with Crippen molar-refractivity contribution >= 4 is 28.9 Å². The molecule has 0 aromatic heterocycles. The zero-order chi connectivity index (χ0) is 22.9. The average molecular weight is 447 g/mol. The number of para-hydroxylation sites is 2.